The number of carbonyl (C=O) groups is 1. The molecule has 1 aliphatic carbocycles. The number of amides is 2. The standard InChI is InChI=1S/C10H14N2O2S/c1-6(12(14)10(11)13)7-5-8(7)9-3-2-4-15-9/h2-4,6-8,14H,5H2,1H3,(H2,11,13)/t6?,7-,8+/m0/s1. The lowest BCUT2D eigenvalue weighted by atomic mass is 10.1. The number of rotatable bonds is 3. The largest absolute Gasteiger partial charge is 0.350 e. The van der Waals surface area contributed by atoms with Crippen molar-refractivity contribution in [2.45, 2.75) is 25.3 Å². The van der Waals surface area contributed by atoms with E-state index in [1.54, 1.807) is 11.3 Å². The molecule has 1 heterocycles. The second-order valence-electron chi connectivity index (χ2n) is 3.94. The third-order valence-corrected chi connectivity index (χ3v) is 3.98. The molecule has 1 fully saturated rings. The van der Waals surface area contributed by atoms with Gasteiger partial charge in [-0.3, -0.25) is 5.21 Å². The second-order valence-corrected chi connectivity index (χ2v) is 4.92. The van der Waals surface area contributed by atoms with Crippen LogP contribution in [0.1, 0.15) is 24.1 Å². The summed E-state index contributed by atoms with van der Waals surface area (Å²) in [5.74, 6) is 0.815. The number of hydrogen-bond donors (Lipinski definition) is 2. The van der Waals surface area contributed by atoms with Crippen LogP contribution < -0.4 is 5.73 Å². The van der Waals surface area contributed by atoms with E-state index in [-0.39, 0.29) is 6.04 Å². The van der Waals surface area contributed by atoms with Crippen molar-refractivity contribution in [3.63, 3.8) is 0 Å². The molecule has 3 atom stereocenters. The van der Waals surface area contributed by atoms with Gasteiger partial charge in [-0.1, -0.05) is 6.07 Å². The van der Waals surface area contributed by atoms with Gasteiger partial charge >= 0.3 is 6.03 Å². The van der Waals surface area contributed by atoms with Gasteiger partial charge in [0.25, 0.3) is 0 Å². The van der Waals surface area contributed by atoms with Crippen molar-refractivity contribution in [1.29, 1.82) is 0 Å². The van der Waals surface area contributed by atoms with Gasteiger partial charge in [0.1, 0.15) is 0 Å². The van der Waals surface area contributed by atoms with Gasteiger partial charge in [0.05, 0.1) is 6.04 Å². The minimum Gasteiger partial charge on any atom is -0.350 e. The van der Waals surface area contributed by atoms with Crippen molar-refractivity contribution < 1.29 is 10.0 Å². The van der Waals surface area contributed by atoms with Gasteiger partial charge in [0, 0.05) is 4.88 Å². The lowest BCUT2D eigenvalue weighted by molar-refractivity contribution is -0.0759. The highest BCUT2D eigenvalue weighted by molar-refractivity contribution is 7.10. The quantitative estimate of drug-likeness (QED) is 0.611. The van der Waals surface area contributed by atoms with Crippen LogP contribution in [0, 0.1) is 5.92 Å². The van der Waals surface area contributed by atoms with E-state index < -0.39 is 6.03 Å². The predicted molar refractivity (Wildman–Crippen MR) is 57.8 cm³/mol. The van der Waals surface area contributed by atoms with Crippen molar-refractivity contribution >= 4 is 17.4 Å². The van der Waals surface area contributed by atoms with Crippen LogP contribution in [0.5, 0.6) is 0 Å². The monoisotopic (exact) mass is 226 g/mol. The van der Waals surface area contributed by atoms with E-state index in [0.717, 1.165) is 6.42 Å². The van der Waals surface area contributed by atoms with Crippen LogP contribution in [0.25, 0.3) is 0 Å². The van der Waals surface area contributed by atoms with Gasteiger partial charge in [-0.25, -0.2) is 9.86 Å². The van der Waals surface area contributed by atoms with E-state index in [1.807, 2.05) is 18.4 Å². The van der Waals surface area contributed by atoms with Crippen molar-refractivity contribution in [2.75, 3.05) is 0 Å². The Kier molecular flexibility index (Phi) is 2.67. The number of hydrogen-bond acceptors (Lipinski definition) is 3. The normalized spacial score (nSPS) is 26.0. The first kappa shape index (κ1) is 10.4. The molecule has 2 amide bonds. The molecule has 0 aliphatic heterocycles. The summed E-state index contributed by atoms with van der Waals surface area (Å²) in [6.07, 6.45) is 1.02. The summed E-state index contributed by atoms with van der Waals surface area (Å²) in [4.78, 5) is 12.1. The Morgan fingerprint density at radius 3 is 3.07 bits per heavy atom. The van der Waals surface area contributed by atoms with Gasteiger partial charge in [-0.05, 0) is 36.6 Å². The maximum Gasteiger partial charge on any atom is 0.338 e. The lowest BCUT2D eigenvalue weighted by Gasteiger charge is -2.20. The highest BCUT2D eigenvalue weighted by Crippen LogP contribution is 2.51. The molecule has 82 valence electrons. The molecule has 0 radical (unpaired) electrons. The first-order valence-corrected chi connectivity index (χ1v) is 5.80. The minimum atomic E-state index is -0.778. The zero-order valence-corrected chi connectivity index (χ0v) is 9.28. The Labute approximate surface area is 92.3 Å². The SMILES string of the molecule is CC([C@@H]1C[C@H]1c1cccs1)N(O)C(N)=O. The summed E-state index contributed by atoms with van der Waals surface area (Å²) in [5, 5.41) is 12.1. The smallest absolute Gasteiger partial charge is 0.338 e. The Hall–Kier alpha value is -1.07. The lowest BCUT2D eigenvalue weighted by Crippen LogP contribution is -2.40. The summed E-state index contributed by atoms with van der Waals surface area (Å²) in [5.41, 5.74) is 5.01. The van der Waals surface area contributed by atoms with Gasteiger partial charge in [-0.2, -0.15) is 0 Å². The van der Waals surface area contributed by atoms with Crippen LogP contribution in [0.4, 0.5) is 4.79 Å². The number of nitrogens with two attached hydrogens (primary N) is 1. The molecule has 0 aromatic carbocycles. The van der Waals surface area contributed by atoms with Gasteiger partial charge in [0.2, 0.25) is 0 Å². The molecule has 1 aromatic heterocycles. The van der Waals surface area contributed by atoms with E-state index >= 15 is 0 Å². The highest BCUT2D eigenvalue weighted by atomic mass is 32.1. The first-order valence-electron chi connectivity index (χ1n) is 4.92. The Balaban J connectivity index is 1.96. The molecule has 0 saturated heterocycles. The zero-order valence-electron chi connectivity index (χ0n) is 8.46. The van der Waals surface area contributed by atoms with Gasteiger partial charge < -0.3 is 5.73 Å². The van der Waals surface area contributed by atoms with Crippen molar-refractivity contribution in [1.82, 2.24) is 5.06 Å². The van der Waals surface area contributed by atoms with E-state index in [4.69, 9.17) is 5.73 Å². The van der Waals surface area contributed by atoms with E-state index in [9.17, 15) is 10.0 Å². The summed E-state index contributed by atoms with van der Waals surface area (Å²) < 4.78 is 0. The Morgan fingerprint density at radius 1 is 1.80 bits per heavy atom. The van der Waals surface area contributed by atoms with Crippen LogP contribution >= 0.6 is 11.3 Å². The fourth-order valence-electron chi connectivity index (χ4n) is 1.96. The minimum absolute atomic E-state index is 0.199. The van der Waals surface area contributed by atoms with Crippen molar-refractivity contribution in [2.24, 2.45) is 11.7 Å². The Bertz CT molecular complexity index is 352. The molecule has 4 nitrogen and oxygen atoms in total. The summed E-state index contributed by atoms with van der Waals surface area (Å²) in [7, 11) is 0. The van der Waals surface area contributed by atoms with Crippen LogP contribution in [-0.2, 0) is 0 Å². The highest BCUT2D eigenvalue weighted by Gasteiger charge is 2.45. The molecular formula is C10H14N2O2S. The molecule has 1 unspecified atom stereocenters. The van der Waals surface area contributed by atoms with Crippen LogP contribution in [0.15, 0.2) is 17.5 Å². The van der Waals surface area contributed by atoms with Gasteiger partial charge in [-0.15, -0.1) is 11.3 Å². The van der Waals surface area contributed by atoms with Crippen LogP contribution in [-0.4, -0.2) is 22.3 Å². The van der Waals surface area contributed by atoms with Crippen LogP contribution in [0.3, 0.4) is 0 Å². The van der Waals surface area contributed by atoms with E-state index in [1.165, 1.54) is 4.88 Å². The molecule has 1 aliphatic rings. The molecule has 2 rings (SSSR count). The summed E-state index contributed by atoms with van der Waals surface area (Å²) in [6, 6.07) is 3.13. The number of carbonyl (C=O) groups excluding carboxylic acids is 1. The maximum atomic E-state index is 10.8. The molecule has 1 aromatic rings. The average molecular weight is 226 g/mol. The van der Waals surface area contributed by atoms with Crippen molar-refractivity contribution in [3.05, 3.63) is 22.4 Å². The summed E-state index contributed by atoms with van der Waals surface area (Å²) in [6.45, 7) is 1.82. The zero-order chi connectivity index (χ0) is 11.0. The number of urea groups is 1. The maximum absolute atomic E-state index is 10.8. The Morgan fingerprint density at radius 2 is 2.53 bits per heavy atom. The van der Waals surface area contributed by atoms with E-state index in [0.29, 0.717) is 16.9 Å². The molecule has 15 heavy (non-hydrogen) atoms. The predicted octanol–water partition coefficient (Wildman–Crippen LogP) is 2.01. The number of nitrogens with zero attached hydrogens (tertiary/aromatic N) is 1. The average Bonchev–Trinajstić information content (AvgIpc) is 2.82. The molecule has 0 bridgehead atoms. The fraction of sp³-hybridized carbons (Fsp3) is 0.500. The topological polar surface area (TPSA) is 66.6 Å². The molecular weight excluding hydrogens is 212 g/mol. The number of thiophene rings is 1. The fourth-order valence-corrected chi connectivity index (χ4v) is 2.88. The third-order valence-electron chi connectivity index (χ3n) is 2.98. The molecule has 1 saturated carbocycles. The second kappa shape index (κ2) is 3.83. The summed E-state index contributed by atoms with van der Waals surface area (Å²) >= 11 is 1.72. The third kappa shape index (κ3) is 1.98. The van der Waals surface area contributed by atoms with Gasteiger partial charge in [0.15, 0.2) is 0 Å². The molecule has 3 N–H and O–H groups in total. The number of primary amides is 1. The van der Waals surface area contributed by atoms with Crippen LogP contribution in [0.2, 0.25) is 0 Å². The van der Waals surface area contributed by atoms with E-state index in [2.05, 4.69) is 6.07 Å². The first-order chi connectivity index (χ1) is 7.11. The van der Waals surface area contributed by atoms with Crippen molar-refractivity contribution in [3.8, 4) is 0 Å². The molecule has 0 spiro atoms. The molecule has 5 heteroatoms. The number of hydroxylamine groups is 2.